The lowest BCUT2D eigenvalue weighted by Crippen LogP contribution is -2.47. The smallest absolute Gasteiger partial charge is 0.317 e. The predicted octanol–water partition coefficient (Wildman–Crippen LogP) is 1.95. The summed E-state index contributed by atoms with van der Waals surface area (Å²) < 4.78 is 22.9. The molecule has 0 aromatic heterocycles. The first-order valence-corrected chi connectivity index (χ1v) is 9.69. The molecule has 21 heavy (non-hydrogen) atoms. The third-order valence-electron chi connectivity index (χ3n) is 4.40. The molecule has 5 nitrogen and oxygen atoms in total. The Morgan fingerprint density at radius 1 is 1.24 bits per heavy atom. The SMILES string of the molecule is C=CCN(CC1CCCCC1)C(=O)N[C@@H]1CCS(=O)(=O)C1. The second kappa shape index (κ2) is 7.29. The summed E-state index contributed by atoms with van der Waals surface area (Å²) in [5.41, 5.74) is 0. The Kier molecular flexibility index (Phi) is 5.67. The van der Waals surface area contributed by atoms with Crippen molar-refractivity contribution in [1.29, 1.82) is 0 Å². The maximum atomic E-state index is 12.3. The van der Waals surface area contributed by atoms with E-state index >= 15 is 0 Å². The fraction of sp³-hybridized carbons (Fsp3) is 0.800. The highest BCUT2D eigenvalue weighted by molar-refractivity contribution is 7.91. The normalized spacial score (nSPS) is 25.4. The zero-order chi connectivity index (χ0) is 15.3. The summed E-state index contributed by atoms with van der Waals surface area (Å²) in [6.07, 6.45) is 8.40. The molecular formula is C15H26N2O3S. The molecule has 6 heteroatoms. The van der Waals surface area contributed by atoms with E-state index in [0.29, 0.717) is 18.9 Å². The Hall–Kier alpha value is -1.04. The zero-order valence-electron chi connectivity index (χ0n) is 12.6. The van der Waals surface area contributed by atoms with Crippen LogP contribution >= 0.6 is 0 Å². The molecule has 2 amide bonds. The van der Waals surface area contributed by atoms with Crippen molar-refractivity contribution in [3.05, 3.63) is 12.7 Å². The second-order valence-electron chi connectivity index (χ2n) is 6.25. The van der Waals surface area contributed by atoms with E-state index in [1.165, 1.54) is 32.1 Å². The number of hydrogen-bond acceptors (Lipinski definition) is 3. The van der Waals surface area contributed by atoms with E-state index < -0.39 is 9.84 Å². The van der Waals surface area contributed by atoms with Gasteiger partial charge in [0.05, 0.1) is 11.5 Å². The van der Waals surface area contributed by atoms with Crippen molar-refractivity contribution >= 4 is 15.9 Å². The Bertz CT molecular complexity index is 469. The number of nitrogens with one attached hydrogen (secondary N) is 1. The van der Waals surface area contributed by atoms with Crippen molar-refractivity contribution in [3.8, 4) is 0 Å². The van der Waals surface area contributed by atoms with Gasteiger partial charge in [0.2, 0.25) is 0 Å². The van der Waals surface area contributed by atoms with E-state index in [2.05, 4.69) is 11.9 Å². The van der Waals surface area contributed by atoms with Gasteiger partial charge >= 0.3 is 6.03 Å². The standard InChI is InChI=1S/C15H26N2O3S/c1-2-9-17(11-13-6-4-3-5-7-13)15(18)16-14-8-10-21(19,20)12-14/h2,13-14H,1,3-12H2,(H,16,18)/t14-/m1/s1. The van der Waals surface area contributed by atoms with Crippen LogP contribution in [0, 0.1) is 5.92 Å². The maximum Gasteiger partial charge on any atom is 0.317 e. The number of sulfone groups is 1. The minimum atomic E-state index is -2.96. The summed E-state index contributed by atoms with van der Waals surface area (Å²) in [6, 6.07) is -0.385. The van der Waals surface area contributed by atoms with Gasteiger partial charge in [0.25, 0.3) is 0 Å². The first kappa shape index (κ1) is 16.3. The summed E-state index contributed by atoms with van der Waals surface area (Å²) in [7, 11) is -2.96. The largest absolute Gasteiger partial charge is 0.334 e. The van der Waals surface area contributed by atoms with Crippen LogP contribution < -0.4 is 5.32 Å². The highest BCUT2D eigenvalue weighted by atomic mass is 32.2. The van der Waals surface area contributed by atoms with Gasteiger partial charge < -0.3 is 10.2 Å². The molecule has 0 aromatic carbocycles. The quantitative estimate of drug-likeness (QED) is 0.789. The molecule has 1 saturated heterocycles. The minimum absolute atomic E-state index is 0.0735. The Morgan fingerprint density at radius 2 is 1.95 bits per heavy atom. The number of nitrogens with zero attached hydrogens (tertiary/aromatic N) is 1. The zero-order valence-corrected chi connectivity index (χ0v) is 13.4. The average Bonchev–Trinajstić information content (AvgIpc) is 2.78. The van der Waals surface area contributed by atoms with E-state index in [1.54, 1.807) is 11.0 Å². The van der Waals surface area contributed by atoms with E-state index in [0.717, 1.165) is 6.54 Å². The number of rotatable bonds is 5. The van der Waals surface area contributed by atoms with Gasteiger partial charge in [-0.15, -0.1) is 6.58 Å². The number of amides is 2. The molecule has 2 rings (SSSR count). The molecule has 0 unspecified atom stereocenters. The molecule has 1 aliphatic carbocycles. The fourth-order valence-electron chi connectivity index (χ4n) is 3.25. The van der Waals surface area contributed by atoms with Crippen LogP contribution in [0.2, 0.25) is 0 Å². The molecule has 1 aliphatic heterocycles. The van der Waals surface area contributed by atoms with E-state index in [1.807, 2.05) is 0 Å². The Balaban J connectivity index is 1.87. The maximum absolute atomic E-state index is 12.3. The number of carbonyl (C=O) groups excluding carboxylic acids is 1. The lowest BCUT2D eigenvalue weighted by Gasteiger charge is -2.30. The van der Waals surface area contributed by atoms with Crippen LogP contribution in [0.3, 0.4) is 0 Å². The summed E-state index contributed by atoms with van der Waals surface area (Å²) >= 11 is 0. The third-order valence-corrected chi connectivity index (χ3v) is 6.17. The van der Waals surface area contributed by atoms with Crippen LogP contribution in [0.4, 0.5) is 4.79 Å². The number of urea groups is 1. The average molecular weight is 314 g/mol. The molecule has 1 saturated carbocycles. The van der Waals surface area contributed by atoms with Crippen LogP contribution in [0.1, 0.15) is 38.5 Å². The lowest BCUT2D eigenvalue weighted by molar-refractivity contribution is 0.182. The topological polar surface area (TPSA) is 66.5 Å². The molecule has 2 aliphatic rings. The molecular weight excluding hydrogens is 288 g/mol. The minimum Gasteiger partial charge on any atom is -0.334 e. The monoisotopic (exact) mass is 314 g/mol. The van der Waals surface area contributed by atoms with Crippen molar-refractivity contribution in [2.45, 2.75) is 44.6 Å². The van der Waals surface area contributed by atoms with Gasteiger partial charge in [-0.3, -0.25) is 0 Å². The van der Waals surface area contributed by atoms with Crippen LogP contribution in [0.5, 0.6) is 0 Å². The van der Waals surface area contributed by atoms with E-state index in [4.69, 9.17) is 0 Å². The van der Waals surface area contributed by atoms with Gasteiger partial charge in [0.1, 0.15) is 0 Å². The van der Waals surface area contributed by atoms with Gasteiger partial charge in [-0.05, 0) is 25.2 Å². The van der Waals surface area contributed by atoms with Crippen molar-refractivity contribution in [2.24, 2.45) is 5.92 Å². The summed E-state index contributed by atoms with van der Waals surface area (Å²) in [4.78, 5) is 14.1. The van der Waals surface area contributed by atoms with Crippen LogP contribution in [-0.4, -0.2) is 50.0 Å². The Morgan fingerprint density at radius 3 is 2.52 bits per heavy atom. The summed E-state index contributed by atoms with van der Waals surface area (Å²) in [6.45, 7) is 4.98. The number of hydrogen-bond donors (Lipinski definition) is 1. The van der Waals surface area contributed by atoms with Crippen LogP contribution in [0.15, 0.2) is 12.7 Å². The molecule has 0 aromatic rings. The molecule has 1 heterocycles. The highest BCUT2D eigenvalue weighted by Gasteiger charge is 2.30. The van der Waals surface area contributed by atoms with Crippen molar-refractivity contribution < 1.29 is 13.2 Å². The van der Waals surface area contributed by atoms with Gasteiger partial charge in [0, 0.05) is 19.1 Å². The molecule has 0 spiro atoms. The second-order valence-corrected chi connectivity index (χ2v) is 8.48. The lowest BCUT2D eigenvalue weighted by atomic mass is 9.89. The first-order chi connectivity index (χ1) is 10.00. The van der Waals surface area contributed by atoms with Gasteiger partial charge in [-0.1, -0.05) is 25.3 Å². The van der Waals surface area contributed by atoms with Gasteiger partial charge in [0.15, 0.2) is 9.84 Å². The van der Waals surface area contributed by atoms with Crippen molar-refractivity contribution in [1.82, 2.24) is 10.2 Å². The molecule has 120 valence electrons. The van der Waals surface area contributed by atoms with Gasteiger partial charge in [-0.2, -0.15) is 0 Å². The predicted molar refractivity (Wildman–Crippen MR) is 83.9 cm³/mol. The molecule has 0 radical (unpaired) electrons. The van der Waals surface area contributed by atoms with Crippen molar-refractivity contribution in [2.75, 3.05) is 24.6 Å². The Labute approximate surface area is 127 Å². The summed E-state index contributed by atoms with van der Waals surface area (Å²) in [5.74, 6) is 0.823. The van der Waals surface area contributed by atoms with E-state index in [9.17, 15) is 13.2 Å². The highest BCUT2D eigenvalue weighted by Crippen LogP contribution is 2.24. The third kappa shape index (κ3) is 5.02. The number of carbonyl (C=O) groups is 1. The van der Waals surface area contributed by atoms with Crippen molar-refractivity contribution in [3.63, 3.8) is 0 Å². The molecule has 0 bridgehead atoms. The van der Waals surface area contributed by atoms with Crippen LogP contribution in [0.25, 0.3) is 0 Å². The van der Waals surface area contributed by atoms with Crippen LogP contribution in [-0.2, 0) is 9.84 Å². The van der Waals surface area contributed by atoms with Gasteiger partial charge in [-0.25, -0.2) is 13.2 Å². The molecule has 1 N–H and O–H groups in total. The molecule has 2 fully saturated rings. The fourth-order valence-corrected chi connectivity index (χ4v) is 4.93. The van der Waals surface area contributed by atoms with E-state index in [-0.39, 0.29) is 23.6 Å². The molecule has 1 atom stereocenters. The first-order valence-electron chi connectivity index (χ1n) is 7.87. The summed E-state index contributed by atoms with van der Waals surface area (Å²) in [5, 5.41) is 2.87.